The molecule has 0 saturated carbocycles. The highest BCUT2D eigenvalue weighted by Crippen LogP contribution is 2.20. The van der Waals surface area contributed by atoms with Crippen molar-refractivity contribution in [1.29, 1.82) is 0 Å². The molecule has 2 atom stereocenters. The fraction of sp³-hybridized carbons (Fsp3) is 0.321. The molecular weight excluding hydrogens is 410 g/mol. The van der Waals surface area contributed by atoms with Crippen molar-refractivity contribution >= 4 is 11.6 Å². The summed E-state index contributed by atoms with van der Waals surface area (Å²) in [6, 6.07) is 27.1. The first-order valence-corrected chi connectivity index (χ1v) is 11.4. The Balaban J connectivity index is 1.74. The second-order valence-electron chi connectivity index (χ2n) is 9.15. The lowest BCUT2D eigenvalue weighted by molar-refractivity contribution is 0.0814. The van der Waals surface area contributed by atoms with E-state index in [1.54, 1.807) is 6.07 Å². The van der Waals surface area contributed by atoms with Crippen molar-refractivity contribution in [1.82, 2.24) is 10.6 Å². The Morgan fingerprint density at radius 2 is 1.58 bits per heavy atom. The monoisotopic (exact) mass is 445 g/mol. The van der Waals surface area contributed by atoms with Gasteiger partial charge in [-0.05, 0) is 49.6 Å². The fourth-order valence-corrected chi connectivity index (χ4v) is 3.79. The van der Waals surface area contributed by atoms with Gasteiger partial charge in [0.15, 0.2) is 0 Å². The summed E-state index contributed by atoms with van der Waals surface area (Å²) < 4.78 is 0. The molecule has 5 heteroatoms. The number of nitrogens with one attached hydrogen (secondary N) is 2. The molecule has 0 unspecified atom stereocenters. The number of rotatable bonds is 10. The van der Waals surface area contributed by atoms with Crippen LogP contribution in [0.25, 0.3) is 0 Å². The maximum absolute atomic E-state index is 13.1. The quantitative estimate of drug-likeness (QED) is 0.442. The highest BCUT2D eigenvalue weighted by molar-refractivity contribution is 5.95. The predicted octanol–water partition coefficient (Wildman–Crippen LogP) is 3.98. The average Bonchev–Trinajstić information content (AvgIpc) is 2.83. The Kier molecular flexibility index (Phi) is 8.26. The van der Waals surface area contributed by atoms with E-state index in [4.69, 9.17) is 0 Å². The number of amides is 1. The molecule has 33 heavy (non-hydrogen) atoms. The van der Waals surface area contributed by atoms with E-state index in [-0.39, 0.29) is 11.4 Å². The van der Waals surface area contributed by atoms with Crippen molar-refractivity contribution in [2.24, 2.45) is 0 Å². The third kappa shape index (κ3) is 6.91. The van der Waals surface area contributed by atoms with Crippen LogP contribution in [0.2, 0.25) is 0 Å². The second-order valence-corrected chi connectivity index (χ2v) is 9.15. The van der Waals surface area contributed by atoms with E-state index in [2.05, 4.69) is 36.6 Å². The van der Waals surface area contributed by atoms with E-state index in [9.17, 15) is 9.90 Å². The van der Waals surface area contributed by atoms with E-state index in [1.165, 1.54) is 0 Å². The largest absolute Gasteiger partial charge is 0.390 e. The molecule has 0 bridgehead atoms. The molecule has 174 valence electrons. The first-order valence-electron chi connectivity index (χ1n) is 11.4. The van der Waals surface area contributed by atoms with Gasteiger partial charge in [0.05, 0.1) is 12.1 Å². The van der Waals surface area contributed by atoms with Crippen molar-refractivity contribution in [3.8, 4) is 0 Å². The van der Waals surface area contributed by atoms with Crippen LogP contribution in [0.3, 0.4) is 0 Å². The van der Waals surface area contributed by atoms with Crippen LogP contribution in [-0.4, -0.2) is 43.8 Å². The second kappa shape index (κ2) is 11.1. The minimum absolute atomic E-state index is 0.194. The normalized spacial score (nSPS) is 13.2. The van der Waals surface area contributed by atoms with Crippen molar-refractivity contribution in [3.05, 3.63) is 102 Å². The summed E-state index contributed by atoms with van der Waals surface area (Å²) in [4.78, 5) is 15.0. The zero-order chi connectivity index (χ0) is 23.8. The van der Waals surface area contributed by atoms with Gasteiger partial charge in [-0.2, -0.15) is 0 Å². The lowest BCUT2D eigenvalue weighted by atomic mass is 9.93. The number of hydrogen-bond donors (Lipinski definition) is 3. The van der Waals surface area contributed by atoms with Gasteiger partial charge in [0.1, 0.15) is 0 Å². The third-order valence-corrected chi connectivity index (χ3v) is 5.95. The Labute approximate surface area is 197 Å². The van der Waals surface area contributed by atoms with E-state index in [1.807, 2.05) is 85.7 Å². The molecule has 1 amide bonds. The zero-order valence-corrected chi connectivity index (χ0v) is 20.0. The van der Waals surface area contributed by atoms with Gasteiger partial charge in [0.25, 0.3) is 5.91 Å². The summed E-state index contributed by atoms with van der Waals surface area (Å²) in [5, 5.41) is 17.7. The van der Waals surface area contributed by atoms with Crippen LogP contribution in [0, 0.1) is 0 Å². The number of aliphatic hydroxyl groups excluding tert-OH is 1. The van der Waals surface area contributed by atoms with E-state index in [0.29, 0.717) is 18.5 Å². The molecule has 0 spiro atoms. The minimum Gasteiger partial charge on any atom is -0.390 e. The van der Waals surface area contributed by atoms with Gasteiger partial charge in [0.2, 0.25) is 0 Å². The average molecular weight is 446 g/mol. The van der Waals surface area contributed by atoms with Crippen LogP contribution < -0.4 is 15.5 Å². The first-order chi connectivity index (χ1) is 15.8. The van der Waals surface area contributed by atoms with Crippen LogP contribution >= 0.6 is 0 Å². The summed E-state index contributed by atoms with van der Waals surface area (Å²) in [7, 11) is 3.89. The first kappa shape index (κ1) is 24.5. The van der Waals surface area contributed by atoms with Crippen molar-refractivity contribution in [2.75, 3.05) is 25.5 Å². The number of benzene rings is 3. The topological polar surface area (TPSA) is 64.6 Å². The van der Waals surface area contributed by atoms with E-state index in [0.717, 1.165) is 16.8 Å². The van der Waals surface area contributed by atoms with Crippen molar-refractivity contribution in [2.45, 2.75) is 38.0 Å². The molecule has 0 fully saturated rings. The summed E-state index contributed by atoms with van der Waals surface area (Å²) in [6.45, 7) is 4.52. The third-order valence-electron chi connectivity index (χ3n) is 5.95. The molecule has 0 radical (unpaired) electrons. The van der Waals surface area contributed by atoms with Gasteiger partial charge in [-0.3, -0.25) is 4.79 Å². The number of hydrogen-bond acceptors (Lipinski definition) is 4. The van der Waals surface area contributed by atoms with Crippen LogP contribution in [0.5, 0.6) is 0 Å². The molecule has 3 rings (SSSR count). The summed E-state index contributed by atoms with van der Waals surface area (Å²) in [6.07, 6.45) is -0.233. The fourth-order valence-electron chi connectivity index (χ4n) is 3.79. The maximum atomic E-state index is 13.1. The van der Waals surface area contributed by atoms with Crippen LogP contribution in [0.1, 0.15) is 35.3 Å². The summed E-state index contributed by atoms with van der Waals surface area (Å²) >= 11 is 0. The van der Waals surface area contributed by atoms with Crippen LogP contribution in [0.4, 0.5) is 5.69 Å². The molecule has 5 nitrogen and oxygen atoms in total. The van der Waals surface area contributed by atoms with Gasteiger partial charge in [-0.25, -0.2) is 0 Å². The van der Waals surface area contributed by atoms with Crippen molar-refractivity contribution < 1.29 is 9.90 Å². The number of carbonyl (C=O) groups excluding carboxylic acids is 1. The van der Waals surface area contributed by atoms with Gasteiger partial charge in [-0.1, -0.05) is 66.7 Å². The van der Waals surface area contributed by atoms with Gasteiger partial charge < -0.3 is 20.6 Å². The van der Waals surface area contributed by atoms with Crippen LogP contribution in [0.15, 0.2) is 84.9 Å². The number of carbonyl (C=O) groups is 1. The lowest BCUT2D eigenvalue weighted by Gasteiger charge is -2.31. The van der Waals surface area contributed by atoms with Gasteiger partial charge in [-0.15, -0.1) is 0 Å². The Morgan fingerprint density at radius 3 is 2.21 bits per heavy atom. The van der Waals surface area contributed by atoms with Gasteiger partial charge in [0, 0.05) is 37.4 Å². The molecule has 0 aliphatic carbocycles. The standard InChI is InChI=1S/C28H35N3O2/c1-28(2,23-15-9-6-10-16-23)29-20-26(32)25(18-21-12-7-5-8-13-21)30-27(33)22-14-11-17-24(19-22)31(3)4/h5-17,19,25-26,29,32H,18,20H2,1-4H3,(H,30,33)/t25-,26+/m0/s1. The number of aliphatic hydroxyl groups is 1. The lowest BCUT2D eigenvalue weighted by Crippen LogP contribution is -2.51. The molecule has 0 aromatic heterocycles. The van der Waals surface area contributed by atoms with E-state index >= 15 is 0 Å². The van der Waals surface area contributed by atoms with Gasteiger partial charge >= 0.3 is 0 Å². The smallest absolute Gasteiger partial charge is 0.251 e. The summed E-state index contributed by atoms with van der Waals surface area (Å²) in [5.74, 6) is -0.194. The molecule has 3 N–H and O–H groups in total. The molecule has 0 saturated heterocycles. The highest BCUT2D eigenvalue weighted by Gasteiger charge is 2.26. The van der Waals surface area contributed by atoms with Crippen molar-refractivity contribution in [3.63, 3.8) is 0 Å². The highest BCUT2D eigenvalue weighted by atomic mass is 16.3. The Bertz CT molecular complexity index is 1020. The minimum atomic E-state index is -0.769. The SMILES string of the molecule is CN(C)c1cccc(C(=O)N[C@@H](Cc2ccccc2)[C@H](O)CNC(C)(C)c2ccccc2)c1. The van der Waals surface area contributed by atoms with E-state index < -0.39 is 12.1 Å². The number of anilines is 1. The predicted molar refractivity (Wildman–Crippen MR) is 136 cm³/mol. The summed E-state index contributed by atoms with van der Waals surface area (Å²) in [5.41, 5.74) is 3.41. The molecule has 0 aliphatic rings. The maximum Gasteiger partial charge on any atom is 0.251 e. The number of nitrogens with zero attached hydrogens (tertiary/aromatic N) is 1. The molecule has 3 aromatic carbocycles. The molecule has 0 aliphatic heterocycles. The molecule has 0 heterocycles. The molecular formula is C28H35N3O2. The Hall–Kier alpha value is -3.15. The van der Waals surface area contributed by atoms with Crippen LogP contribution in [-0.2, 0) is 12.0 Å². The Morgan fingerprint density at radius 1 is 0.939 bits per heavy atom. The zero-order valence-electron chi connectivity index (χ0n) is 20.0. The molecule has 3 aromatic rings.